The van der Waals surface area contributed by atoms with Gasteiger partial charge in [0.05, 0.1) is 0 Å². The van der Waals surface area contributed by atoms with E-state index in [1.54, 1.807) is 7.11 Å². The summed E-state index contributed by atoms with van der Waals surface area (Å²) in [5.41, 5.74) is 3.26. The lowest BCUT2D eigenvalue weighted by Gasteiger charge is -2.00. The maximum atomic E-state index is 5.81. The van der Waals surface area contributed by atoms with Crippen molar-refractivity contribution in [2.75, 3.05) is 13.7 Å². The number of furan rings is 1. The van der Waals surface area contributed by atoms with Gasteiger partial charge in [0.1, 0.15) is 11.2 Å². The molecule has 0 saturated carbocycles. The summed E-state index contributed by atoms with van der Waals surface area (Å²) in [7, 11) is 1.74. The molecule has 3 rings (SSSR count). The molecule has 18 heavy (non-hydrogen) atoms. The van der Waals surface area contributed by atoms with Gasteiger partial charge in [-0.05, 0) is 36.6 Å². The second-order valence-electron chi connectivity index (χ2n) is 4.53. The van der Waals surface area contributed by atoms with Gasteiger partial charge in [-0.15, -0.1) is 0 Å². The SMILES string of the molecule is COCCCc1ccc2oc3ccccc3c2c1. The summed E-state index contributed by atoms with van der Waals surface area (Å²) in [5.74, 6) is 0. The van der Waals surface area contributed by atoms with Crippen LogP contribution in [0, 0.1) is 0 Å². The highest BCUT2D eigenvalue weighted by Crippen LogP contribution is 2.29. The molecule has 0 unspecified atom stereocenters. The van der Waals surface area contributed by atoms with Gasteiger partial charge in [0.2, 0.25) is 0 Å². The zero-order chi connectivity index (χ0) is 12.4. The fraction of sp³-hybridized carbons (Fsp3) is 0.250. The van der Waals surface area contributed by atoms with Crippen molar-refractivity contribution in [2.24, 2.45) is 0 Å². The van der Waals surface area contributed by atoms with Crippen molar-refractivity contribution in [3.8, 4) is 0 Å². The van der Waals surface area contributed by atoms with E-state index < -0.39 is 0 Å². The predicted molar refractivity (Wildman–Crippen MR) is 73.9 cm³/mol. The molecule has 0 bridgehead atoms. The Morgan fingerprint density at radius 2 is 1.83 bits per heavy atom. The summed E-state index contributed by atoms with van der Waals surface area (Å²) < 4.78 is 10.9. The number of aryl methyl sites for hydroxylation is 1. The Kier molecular flexibility index (Phi) is 3.03. The third kappa shape index (κ3) is 2.00. The second kappa shape index (κ2) is 4.83. The van der Waals surface area contributed by atoms with Gasteiger partial charge in [-0.3, -0.25) is 0 Å². The lowest BCUT2D eigenvalue weighted by molar-refractivity contribution is 0.195. The lowest BCUT2D eigenvalue weighted by Crippen LogP contribution is -1.92. The number of benzene rings is 2. The molecule has 0 aliphatic rings. The van der Waals surface area contributed by atoms with E-state index in [1.165, 1.54) is 16.3 Å². The van der Waals surface area contributed by atoms with Crippen LogP contribution in [0.3, 0.4) is 0 Å². The highest BCUT2D eigenvalue weighted by Gasteiger charge is 2.06. The van der Waals surface area contributed by atoms with Gasteiger partial charge in [-0.25, -0.2) is 0 Å². The standard InChI is InChI=1S/C16H16O2/c1-17-10-4-5-12-8-9-16-14(11-12)13-6-2-3-7-15(13)18-16/h2-3,6-9,11H,4-5,10H2,1H3. The van der Waals surface area contributed by atoms with Crippen molar-refractivity contribution in [2.45, 2.75) is 12.8 Å². The van der Waals surface area contributed by atoms with E-state index in [0.717, 1.165) is 30.6 Å². The van der Waals surface area contributed by atoms with Gasteiger partial charge in [-0.2, -0.15) is 0 Å². The van der Waals surface area contributed by atoms with E-state index in [0.29, 0.717) is 0 Å². The van der Waals surface area contributed by atoms with Gasteiger partial charge in [0, 0.05) is 24.5 Å². The molecule has 0 atom stereocenters. The monoisotopic (exact) mass is 240 g/mol. The number of hydrogen-bond acceptors (Lipinski definition) is 2. The Morgan fingerprint density at radius 3 is 2.72 bits per heavy atom. The zero-order valence-electron chi connectivity index (χ0n) is 10.5. The minimum absolute atomic E-state index is 0.810. The third-order valence-corrected chi connectivity index (χ3v) is 3.26. The molecular weight excluding hydrogens is 224 g/mol. The van der Waals surface area contributed by atoms with Crippen LogP contribution < -0.4 is 0 Å². The van der Waals surface area contributed by atoms with Crippen LogP contribution in [0.25, 0.3) is 21.9 Å². The summed E-state index contributed by atoms with van der Waals surface area (Å²) in [4.78, 5) is 0. The first kappa shape index (κ1) is 11.3. The quantitative estimate of drug-likeness (QED) is 0.639. The smallest absolute Gasteiger partial charge is 0.135 e. The van der Waals surface area contributed by atoms with E-state index in [9.17, 15) is 0 Å². The van der Waals surface area contributed by atoms with Crippen molar-refractivity contribution in [3.05, 3.63) is 48.0 Å². The molecular formula is C16H16O2. The Bertz CT molecular complexity index is 667. The Balaban J connectivity index is 2.02. The molecule has 3 aromatic rings. The fourth-order valence-corrected chi connectivity index (χ4v) is 2.35. The van der Waals surface area contributed by atoms with Crippen LogP contribution in [0.2, 0.25) is 0 Å². The van der Waals surface area contributed by atoms with Crippen LogP contribution in [0.1, 0.15) is 12.0 Å². The van der Waals surface area contributed by atoms with Gasteiger partial charge in [0.15, 0.2) is 0 Å². The molecule has 1 aromatic heterocycles. The van der Waals surface area contributed by atoms with Crippen LogP contribution in [0.5, 0.6) is 0 Å². The second-order valence-corrected chi connectivity index (χ2v) is 4.53. The van der Waals surface area contributed by atoms with Gasteiger partial charge in [-0.1, -0.05) is 24.3 Å². The Hall–Kier alpha value is -1.80. The molecule has 0 spiro atoms. The molecule has 0 aliphatic heterocycles. The number of fused-ring (bicyclic) bond motifs is 3. The average Bonchev–Trinajstić information content (AvgIpc) is 2.77. The van der Waals surface area contributed by atoms with E-state index in [4.69, 9.17) is 9.15 Å². The normalized spacial score (nSPS) is 11.4. The van der Waals surface area contributed by atoms with Crippen molar-refractivity contribution >= 4 is 21.9 Å². The van der Waals surface area contributed by atoms with Gasteiger partial charge >= 0.3 is 0 Å². The fourth-order valence-electron chi connectivity index (χ4n) is 2.35. The van der Waals surface area contributed by atoms with Crippen LogP contribution in [0.4, 0.5) is 0 Å². The summed E-state index contributed by atoms with van der Waals surface area (Å²) in [6.07, 6.45) is 2.10. The Morgan fingerprint density at radius 1 is 1.00 bits per heavy atom. The molecule has 0 aliphatic carbocycles. The molecule has 0 fully saturated rings. The third-order valence-electron chi connectivity index (χ3n) is 3.26. The van der Waals surface area contributed by atoms with E-state index in [-0.39, 0.29) is 0 Å². The van der Waals surface area contributed by atoms with Crippen LogP contribution in [-0.2, 0) is 11.2 Å². The zero-order valence-corrected chi connectivity index (χ0v) is 10.5. The van der Waals surface area contributed by atoms with Gasteiger partial charge < -0.3 is 9.15 Å². The van der Waals surface area contributed by atoms with Crippen molar-refractivity contribution < 1.29 is 9.15 Å². The molecule has 2 heteroatoms. The van der Waals surface area contributed by atoms with E-state index in [1.807, 2.05) is 12.1 Å². The molecule has 0 amide bonds. The molecule has 0 saturated heterocycles. The number of hydrogen-bond donors (Lipinski definition) is 0. The highest BCUT2D eigenvalue weighted by molar-refractivity contribution is 6.04. The maximum absolute atomic E-state index is 5.81. The number of rotatable bonds is 4. The van der Waals surface area contributed by atoms with Crippen molar-refractivity contribution in [1.29, 1.82) is 0 Å². The molecule has 2 aromatic carbocycles. The lowest BCUT2D eigenvalue weighted by atomic mass is 10.1. The number of para-hydroxylation sites is 1. The predicted octanol–water partition coefficient (Wildman–Crippen LogP) is 4.17. The van der Waals surface area contributed by atoms with Gasteiger partial charge in [0.25, 0.3) is 0 Å². The molecule has 0 N–H and O–H groups in total. The first-order valence-electron chi connectivity index (χ1n) is 6.27. The number of ether oxygens (including phenoxy) is 1. The van der Waals surface area contributed by atoms with Crippen LogP contribution in [0.15, 0.2) is 46.9 Å². The van der Waals surface area contributed by atoms with Crippen molar-refractivity contribution in [3.63, 3.8) is 0 Å². The summed E-state index contributed by atoms with van der Waals surface area (Å²) in [5, 5.41) is 2.40. The van der Waals surface area contributed by atoms with Crippen molar-refractivity contribution in [1.82, 2.24) is 0 Å². The van der Waals surface area contributed by atoms with E-state index in [2.05, 4.69) is 30.3 Å². The summed E-state index contributed by atoms with van der Waals surface area (Å²) >= 11 is 0. The largest absolute Gasteiger partial charge is 0.456 e. The first-order valence-corrected chi connectivity index (χ1v) is 6.27. The van der Waals surface area contributed by atoms with Crippen LogP contribution >= 0.6 is 0 Å². The number of methoxy groups -OCH3 is 1. The maximum Gasteiger partial charge on any atom is 0.135 e. The molecule has 1 heterocycles. The Labute approximate surface area is 106 Å². The summed E-state index contributed by atoms with van der Waals surface area (Å²) in [6, 6.07) is 14.6. The summed E-state index contributed by atoms with van der Waals surface area (Å²) in [6.45, 7) is 0.810. The first-order chi connectivity index (χ1) is 8.88. The highest BCUT2D eigenvalue weighted by atomic mass is 16.5. The van der Waals surface area contributed by atoms with E-state index >= 15 is 0 Å². The average molecular weight is 240 g/mol. The molecule has 92 valence electrons. The minimum atomic E-state index is 0.810. The molecule has 2 nitrogen and oxygen atoms in total. The topological polar surface area (TPSA) is 22.4 Å². The minimum Gasteiger partial charge on any atom is -0.456 e. The van der Waals surface area contributed by atoms with Crippen LogP contribution in [-0.4, -0.2) is 13.7 Å². The molecule has 0 radical (unpaired) electrons.